The van der Waals surface area contributed by atoms with E-state index in [0.717, 1.165) is 24.2 Å². The summed E-state index contributed by atoms with van der Waals surface area (Å²) in [5.74, 6) is 0.694. The van der Waals surface area contributed by atoms with Crippen molar-refractivity contribution in [2.75, 3.05) is 6.54 Å². The Kier molecular flexibility index (Phi) is 3.62. The highest BCUT2D eigenvalue weighted by Crippen LogP contribution is 2.28. The highest BCUT2D eigenvalue weighted by Gasteiger charge is 2.36. The maximum absolute atomic E-state index is 12.0. The Labute approximate surface area is 124 Å². The van der Waals surface area contributed by atoms with Gasteiger partial charge in [0.2, 0.25) is 10.0 Å². The maximum Gasteiger partial charge on any atom is 0.214 e. The molecule has 0 aromatic carbocycles. The molecule has 0 saturated heterocycles. The number of aryl methyl sites for hydroxylation is 2. The molecule has 0 spiro atoms. The average molecular weight is 309 g/mol. The van der Waals surface area contributed by atoms with E-state index in [1.807, 2.05) is 30.7 Å². The van der Waals surface area contributed by atoms with Crippen LogP contribution in [-0.2, 0) is 10.0 Å². The molecule has 114 valence electrons. The lowest BCUT2D eigenvalue weighted by Crippen LogP contribution is -2.34. The molecule has 1 N–H and O–H groups in total. The molecule has 0 radical (unpaired) electrons. The zero-order valence-electron chi connectivity index (χ0n) is 12.1. The summed E-state index contributed by atoms with van der Waals surface area (Å²) < 4.78 is 34.0. The predicted molar refractivity (Wildman–Crippen MR) is 78.5 cm³/mol. The van der Waals surface area contributed by atoms with E-state index < -0.39 is 10.0 Å². The summed E-state index contributed by atoms with van der Waals surface area (Å²) in [6.07, 6.45) is 3.09. The number of rotatable bonds is 6. The fourth-order valence-electron chi connectivity index (χ4n) is 2.44. The van der Waals surface area contributed by atoms with E-state index >= 15 is 0 Å². The maximum atomic E-state index is 12.0. The first-order valence-electron chi connectivity index (χ1n) is 7.02. The lowest BCUT2D eigenvalue weighted by Gasteiger charge is -2.18. The first-order valence-corrected chi connectivity index (χ1v) is 8.56. The van der Waals surface area contributed by atoms with E-state index in [1.165, 1.54) is 0 Å². The van der Waals surface area contributed by atoms with Crippen molar-refractivity contribution >= 4 is 10.0 Å². The number of hydrogen-bond donors (Lipinski definition) is 1. The van der Waals surface area contributed by atoms with Crippen molar-refractivity contribution in [3.63, 3.8) is 0 Å². The Morgan fingerprint density at radius 2 is 2.24 bits per heavy atom. The molecule has 1 unspecified atom stereocenters. The van der Waals surface area contributed by atoms with Gasteiger partial charge in [-0.1, -0.05) is 0 Å². The van der Waals surface area contributed by atoms with Gasteiger partial charge >= 0.3 is 0 Å². The molecular formula is C14H19N3O3S. The number of furan rings is 1. The van der Waals surface area contributed by atoms with Crippen LogP contribution in [0.3, 0.4) is 0 Å². The van der Waals surface area contributed by atoms with Gasteiger partial charge in [-0.15, -0.1) is 0 Å². The van der Waals surface area contributed by atoms with Crippen LogP contribution >= 0.6 is 0 Å². The summed E-state index contributed by atoms with van der Waals surface area (Å²) in [6, 6.07) is 5.32. The molecule has 1 fully saturated rings. The standard InChI is InChI=1S/C14H19N3O3S/c1-10-8-11(2)17(16-10)13(14-4-3-7-20-14)9-15-21(18,19)12-5-6-12/h3-4,7-8,12-13,15H,5-6,9H2,1-2H3. The Hall–Kier alpha value is -1.60. The molecule has 0 bridgehead atoms. The van der Waals surface area contributed by atoms with Crippen molar-refractivity contribution in [2.45, 2.75) is 38.0 Å². The van der Waals surface area contributed by atoms with Gasteiger partial charge in [-0.2, -0.15) is 5.10 Å². The largest absolute Gasteiger partial charge is 0.467 e. The number of nitrogens with one attached hydrogen (secondary N) is 1. The van der Waals surface area contributed by atoms with Crippen LogP contribution in [0.5, 0.6) is 0 Å². The normalized spacial score (nSPS) is 17.0. The van der Waals surface area contributed by atoms with Crippen LogP contribution in [0.15, 0.2) is 28.9 Å². The van der Waals surface area contributed by atoms with E-state index in [0.29, 0.717) is 5.76 Å². The Morgan fingerprint density at radius 3 is 2.76 bits per heavy atom. The summed E-state index contributed by atoms with van der Waals surface area (Å²) in [5, 5.41) is 4.22. The van der Waals surface area contributed by atoms with Crippen LogP contribution in [0.25, 0.3) is 0 Å². The Bertz CT molecular complexity index is 715. The molecule has 3 rings (SSSR count). The highest BCUT2D eigenvalue weighted by atomic mass is 32.2. The van der Waals surface area contributed by atoms with Gasteiger partial charge < -0.3 is 4.42 Å². The van der Waals surface area contributed by atoms with Gasteiger partial charge in [-0.25, -0.2) is 13.1 Å². The van der Waals surface area contributed by atoms with Crippen LogP contribution in [0.1, 0.15) is 36.0 Å². The van der Waals surface area contributed by atoms with Crippen molar-refractivity contribution in [1.29, 1.82) is 0 Å². The SMILES string of the molecule is Cc1cc(C)n(C(CNS(=O)(=O)C2CC2)c2ccco2)n1. The van der Waals surface area contributed by atoms with Crippen LogP contribution in [0.4, 0.5) is 0 Å². The molecule has 0 aliphatic heterocycles. The van der Waals surface area contributed by atoms with Crippen molar-refractivity contribution in [1.82, 2.24) is 14.5 Å². The topological polar surface area (TPSA) is 77.1 Å². The third-order valence-electron chi connectivity index (χ3n) is 3.65. The second-order valence-electron chi connectivity index (χ2n) is 5.50. The minimum atomic E-state index is -3.22. The lowest BCUT2D eigenvalue weighted by molar-refractivity contribution is 0.396. The first-order chi connectivity index (χ1) is 9.97. The summed E-state index contributed by atoms with van der Waals surface area (Å²) in [7, 11) is -3.22. The third kappa shape index (κ3) is 3.03. The van der Waals surface area contributed by atoms with Crippen LogP contribution in [0.2, 0.25) is 0 Å². The Morgan fingerprint density at radius 1 is 1.48 bits per heavy atom. The zero-order chi connectivity index (χ0) is 15.0. The second-order valence-corrected chi connectivity index (χ2v) is 7.54. The second kappa shape index (κ2) is 5.31. The smallest absolute Gasteiger partial charge is 0.214 e. The van der Waals surface area contributed by atoms with Gasteiger partial charge in [0.15, 0.2) is 0 Å². The van der Waals surface area contributed by atoms with Gasteiger partial charge in [0, 0.05) is 12.2 Å². The van der Waals surface area contributed by atoms with E-state index in [-0.39, 0.29) is 17.8 Å². The van der Waals surface area contributed by atoms with E-state index in [1.54, 1.807) is 12.3 Å². The molecule has 7 heteroatoms. The molecule has 1 aliphatic rings. The van der Waals surface area contributed by atoms with Crippen LogP contribution in [0, 0.1) is 13.8 Å². The molecule has 2 aromatic heterocycles. The van der Waals surface area contributed by atoms with E-state index in [2.05, 4.69) is 9.82 Å². The van der Waals surface area contributed by atoms with Gasteiger partial charge in [-0.05, 0) is 44.9 Å². The highest BCUT2D eigenvalue weighted by molar-refractivity contribution is 7.90. The molecule has 2 heterocycles. The lowest BCUT2D eigenvalue weighted by atomic mass is 10.2. The van der Waals surface area contributed by atoms with E-state index in [9.17, 15) is 8.42 Å². The van der Waals surface area contributed by atoms with Gasteiger partial charge in [0.1, 0.15) is 11.8 Å². The molecule has 1 atom stereocenters. The monoisotopic (exact) mass is 309 g/mol. The van der Waals surface area contributed by atoms with Gasteiger partial charge in [-0.3, -0.25) is 4.68 Å². The molecule has 6 nitrogen and oxygen atoms in total. The number of aromatic nitrogens is 2. The summed E-state index contributed by atoms with van der Waals surface area (Å²) in [6.45, 7) is 4.11. The fourth-order valence-corrected chi connectivity index (χ4v) is 3.82. The average Bonchev–Trinajstić information content (AvgIpc) is 3.06. The van der Waals surface area contributed by atoms with Crippen molar-refractivity contribution in [3.05, 3.63) is 41.6 Å². The predicted octanol–water partition coefficient (Wildman–Crippen LogP) is 1.76. The Balaban J connectivity index is 1.85. The third-order valence-corrected chi connectivity index (χ3v) is 5.57. The molecule has 1 saturated carbocycles. The van der Waals surface area contributed by atoms with Gasteiger partial charge in [0.05, 0.1) is 17.2 Å². The number of sulfonamides is 1. The van der Waals surface area contributed by atoms with Crippen molar-refractivity contribution < 1.29 is 12.8 Å². The minimum Gasteiger partial charge on any atom is -0.467 e. The molecular weight excluding hydrogens is 290 g/mol. The molecule has 21 heavy (non-hydrogen) atoms. The van der Waals surface area contributed by atoms with Crippen LogP contribution in [-0.4, -0.2) is 30.0 Å². The number of nitrogens with zero attached hydrogens (tertiary/aromatic N) is 2. The summed E-state index contributed by atoms with van der Waals surface area (Å²) in [4.78, 5) is 0. The number of hydrogen-bond acceptors (Lipinski definition) is 4. The van der Waals surface area contributed by atoms with Crippen LogP contribution < -0.4 is 4.72 Å². The summed E-state index contributed by atoms with van der Waals surface area (Å²) in [5.41, 5.74) is 1.87. The quantitative estimate of drug-likeness (QED) is 0.882. The molecule has 1 aliphatic carbocycles. The molecule has 2 aromatic rings. The van der Waals surface area contributed by atoms with Crippen molar-refractivity contribution in [2.24, 2.45) is 0 Å². The summed E-state index contributed by atoms with van der Waals surface area (Å²) >= 11 is 0. The fraction of sp³-hybridized carbons (Fsp3) is 0.500. The van der Waals surface area contributed by atoms with Crippen molar-refractivity contribution in [3.8, 4) is 0 Å². The van der Waals surface area contributed by atoms with Gasteiger partial charge in [0.25, 0.3) is 0 Å². The van der Waals surface area contributed by atoms with E-state index in [4.69, 9.17) is 4.42 Å². The zero-order valence-corrected chi connectivity index (χ0v) is 12.9. The first kappa shape index (κ1) is 14.3. The molecule has 0 amide bonds. The minimum absolute atomic E-state index is 0.227.